The summed E-state index contributed by atoms with van der Waals surface area (Å²) in [5.41, 5.74) is 2.00. The largest absolute Gasteiger partial charge is 0.390 e. The van der Waals surface area contributed by atoms with E-state index in [4.69, 9.17) is 0 Å². The lowest BCUT2D eigenvalue weighted by Gasteiger charge is -2.37. The number of aliphatic hydroxyl groups is 1. The van der Waals surface area contributed by atoms with Gasteiger partial charge in [0.15, 0.2) is 0 Å². The number of quaternary nitrogens is 1. The molecular formula is C18H22NO+. The second-order valence-corrected chi connectivity index (χ2v) is 6.13. The Morgan fingerprint density at radius 2 is 1.25 bits per heavy atom. The summed E-state index contributed by atoms with van der Waals surface area (Å²) in [5.74, 6) is 0. The van der Waals surface area contributed by atoms with Gasteiger partial charge in [0, 0.05) is 24.0 Å². The van der Waals surface area contributed by atoms with Gasteiger partial charge < -0.3 is 10.4 Å². The second kappa shape index (κ2) is 5.39. The standard InChI is InChI=1S/C18H21NO/c1-18(20)12-16(14-8-4-2-5-9-14)19-17(13-18)15-10-6-3-7-11-15/h2-11,16-17,19-20H,12-13H2,1H3/p+1/t16-,17+,18?. The van der Waals surface area contributed by atoms with Crippen LogP contribution < -0.4 is 5.32 Å². The molecule has 0 spiro atoms. The van der Waals surface area contributed by atoms with E-state index in [0.717, 1.165) is 12.8 Å². The SMILES string of the molecule is CC1(O)C[C@@H](c2ccccc2)[NH2+][C@@H](c2ccccc2)C1. The van der Waals surface area contributed by atoms with E-state index in [1.54, 1.807) is 0 Å². The van der Waals surface area contributed by atoms with Crippen molar-refractivity contribution in [3.63, 3.8) is 0 Å². The highest BCUT2D eigenvalue weighted by Gasteiger charge is 2.39. The molecule has 0 saturated carbocycles. The molecule has 1 aliphatic heterocycles. The summed E-state index contributed by atoms with van der Waals surface area (Å²) in [6.45, 7) is 1.96. The topological polar surface area (TPSA) is 36.8 Å². The Morgan fingerprint density at radius 1 is 0.850 bits per heavy atom. The first-order valence-corrected chi connectivity index (χ1v) is 7.31. The summed E-state index contributed by atoms with van der Waals surface area (Å²) < 4.78 is 0. The molecule has 0 amide bonds. The molecule has 1 unspecified atom stereocenters. The maximum Gasteiger partial charge on any atom is 0.115 e. The molecule has 3 N–H and O–H groups in total. The molecule has 2 aromatic rings. The zero-order chi connectivity index (χ0) is 14.0. The Kier molecular flexibility index (Phi) is 3.60. The summed E-state index contributed by atoms with van der Waals surface area (Å²) in [6.07, 6.45) is 1.61. The number of benzene rings is 2. The Bertz CT molecular complexity index is 501. The number of hydrogen-bond acceptors (Lipinski definition) is 1. The summed E-state index contributed by atoms with van der Waals surface area (Å²) in [6, 6.07) is 21.7. The predicted molar refractivity (Wildman–Crippen MR) is 80.1 cm³/mol. The van der Waals surface area contributed by atoms with Crippen molar-refractivity contribution >= 4 is 0 Å². The van der Waals surface area contributed by atoms with Gasteiger partial charge in [0.2, 0.25) is 0 Å². The van der Waals surface area contributed by atoms with E-state index in [1.165, 1.54) is 11.1 Å². The summed E-state index contributed by atoms with van der Waals surface area (Å²) >= 11 is 0. The Balaban J connectivity index is 1.87. The van der Waals surface area contributed by atoms with Crippen LogP contribution in [-0.4, -0.2) is 10.7 Å². The molecule has 1 fully saturated rings. The number of rotatable bonds is 2. The van der Waals surface area contributed by atoms with Crippen LogP contribution >= 0.6 is 0 Å². The van der Waals surface area contributed by atoms with Crippen LogP contribution in [-0.2, 0) is 0 Å². The van der Waals surface area contributed by atoms with Crippen molar-refractivity contribution in [3.05, 3.63) is 71.8 Å². The molecule has 0 radical (unpaired) electrons. The van der Waals surface area contributed by atoms with E-state index in [1.807, 2.05) is 19.1 Å². The van der Waals surface area contributed by atoms with Crippen LogP contribution in [0.5, 0.6) is 0 Å². The Morgan fingerprint density at radius 3 is 1.65 bits per heavy atom. The zero-order valence-electron chi connectivity index (χ0n) is 11.9. The first kappa shape index (κ1) is 13.3. The van der Waals surface area contributed by atoms with Gasteiger partial charge in [-0.15, -0.1) is 0 Å². The van der Waals surface area contributed by atoms with Crippen LogP contribution in [0.1, 0.15) is 43.0 Å². The molecule has 2 aromatic carbocycles. The first-order valence-electron chi connectivity index (χ1n) is 7.31. The molecule has 2 heteroatoms. The number of hydrogen-bond donors (Lipinski definition) is 2. The van der Waals surface area contributed by atoms with Crippen molar-refractivity contribution in [3.8, 4) is 0 Å². The first-order chi connectivity index (χ1) is 9.64. The molecule has 3 rings (SSSR count). The second-order valence-electron chi connectivity index (χ2n) is 6.13. The number of piperidine rings is 1. The van der Waals surface area contributed by atoms with Crippen LogP contribution in [0.15, 0.2) is 60.7 Å². The molecule has 2 nitrogen and oxygen atoms in total. The van der Waals surface area contributed by atoms with Crippen LogP contribution in [0, 0.1) is 0 Å². The van der Waals surface area contributed by atoms with Gasteiger partial charge in [-0.3, -0.25) is 0 Å². The molecule has 20 heavy (non-hydrogen) atoms. The average molecular weight is 268 g/mol. The molecule has 1 saturated heterocycles. The minimum absolute atomic E-state index is 0.324. The molecular weight excluding hydrogens is 246 g/mol. The normalized spacial score (nSPS) is 30.1. The van der Waals surface area contributed by atoms with Crippen LogP contribution in [0.25, 0.3) is 0 Å². The van der Waals surface area contributed by atoms with Crippen molar-refractivity contribution in [1.82, 2.24) is 0 Å². The lowest BCUT2D eigenvalue weighted by atomic mass is 9.80. The van der Waals surface area contributed by atoms with Crippen molar-refractivity contribution in [1.29, 1.82) is 0 Å². The molecule has 0 aromatic heterocycles. The van der Waals surface area contributed by atoms with Gasteiger partial charge in [-0.25, -0.2) is 0 Å². The van der Waals surface area contributed by atoms with E-state index in [2.05, 4.69) is 53.8 Å². The highest BCUT2D eigenvalue weighted by Crippen LogP contribution is 2.33. The van der Waals surface area contributed by atoms with E-state index < -0.39 is 5.60 Å². The Labute approximate surface area is 120 Å². The lowest BCUT2D eigenvalue weighted by molar-refractivity contribution is -0.748. The smallest absolute Gasteiger partial charge is 0.115 e. The summed E-state index contributed by atoms with van der Waals surface area (Å²) in [5, 5.41) is 13.0. The summed E-state index contributed by atoms with van der Waals surface area (Å²) in [4.78, 5) is 0. The maximum atomic E-state index is 10.6. The third kappa shape index (κ3) is 2.92. The van der Waals surface area contributed by atoms with Gasteiger partial charge in [-0.2, -0.15) is 0 Å². The van der Waals surface area contributed by atoms with Crippen molar-refractivity contribution in [2.75, 3.05) is 0 Å². The van der Waals surface area contributed by atoms with Gasteiger partial charge in [-0.05, 0) is 6.92 Å². The average Bonchev–Trinajstić information content (AvgIpc) is 2.47. The molecule has 104 valence electrons. The minimum atomic E-state index is -0.601. The van der Waals surface area contributed by atoms with E-state index >= 15 is 0 Å². The maximum absolute atomic E-state index is 10.6. The monoisotopic (exact) mass is 268 g/mol. The third-order valence-electron chi connectivity index (χ3n) is 4.24. The fourth-order valence-corrected chi connectivity index (χ4v) is 3.31. The van der Waals surface area contributed by atoms with Crippen molar-refractivity contribution in [2.45, 2.75) is 37.5 Å². The predicted octanol–water partition coefficient (Wildman–Crippen LogP) is 2.58. The van der Waals surface area contributed by atoms with Gasteiger partial charge in [0.25, 0.3) is 0 Å². The highest BCUT2D eigenvalue weighted by molar-refractivity contribution is 5.21. The Hall–Kier alpha value is -1.64. The van der Waals surface area contributed by atoms with Gasteiger partial charge in [-0.1, -0.05) is 60.7 Å². The van der Waals surface area contributed by atoms with Crippen molar-refractivity contribution < 1.29 is 10.4 Å². The molecule has 0 aliphatic carbocycles. The van der Waals surface area contributed by atoms with Gasteiger partial charge in [0.1, 0.15) is 12.1 Å². The van der Waals surface area contributed by atoms with Crippen LogP contribution in [0.2, 0.25) is 0 Å². The van der Waals surface area contributed by atoms with Gasteiger partial charge >= 0.3 is 0 Å². The quantitative estimate of drug-likeness (QED) is 0.863. The van der Waals surface area contributed by atoms with Crippen LogP contribution in [0.4, 0.5) is 0 Å². The molecule has 1 heterocycles. The minimum Gasteiger partial charge on any atom is -0.390 e. The third-order valence-corrected chi connectivity index (χ3v) is 4.24. The van der Waals surface area contributed by atoms with E-state index in [0.29, 0.717) is 12.1 Å². The zero-order valence-corrected chi connectivity index (χ0v) is 11.9. The fourth-order valence-electron chi connectivity index (χ4n) is 3.31. The number of nitrogens with two attached hydrogens (primary N) is 1. The van der Waals surface area contributed by atoms with Gasteiger partial charge in [0.05, 0.1) is 5.60 Å². The van der Waals surface area contributed by atoms with E-state index in [-0.39, 0.29) is 0 Å². The highest BCUT2D eigenvalue weighted by atomic mass is 16.3. The van der Waals surface area contributed by atoms with Crippen LogP contribution in [0.3, 0.4) is 0 Å². The summed E-state index contributed by atoms with van der Waals surface area (Å²) in [7, 11) is 0. The van der Waals surface area contributed by atoms with Crippen molar-refractivity contribution in [2.24, 2.45) is 0 Å². The molecule has 1 aliphatic rings. The molecule has 3 atom stereocenters. The lowest BCUT2D eigenvalue weighted by Crippen LogP contribution is -2.89. The fraction of sp³-hybridized carbons (Fsp3) is 0.333. The molecule has 0 bridgehead atoms. The van der Waals surface area contributed by atoms with E-state index in [9.17, 15) is 5.11 Å².